The molecule has 1 atom stereocenters. The number of alkyl halides is 2. The largest absolute Gasteiger partial charge is 0.493 e. The molecular weight excluding hydrogens is 400 g/mol. The van der Waals surface area contributed by atoms with E-state index in [9.17, 15) is 23.2 Å². The van der Waals surface area contributed by atoms with E-state index in [1.165, 1.54) is 24.3 Å². The molecule has 0 aliphatic carbocycles. The fraction of sp³-hybridized carbons (Fsp3) is 0.250. The van der Waals surface area contributed by atoms with Gasteiger partial charge >= 0.3 is 12.6 Å². The molecule has 2 aromatic rings. The molecule has 2 heterocycles. The third-order valence-electron chi connectivity index (χ3n) is 4.92. The number of rotatable bonds is 5. The van der Waals surface area contributed by atoms with Crippen molar-refractivity contribution in [3.05, 3.63) is 54.1 Å². The Morgan fingerprint density at radius 1 is 1.20 bits per heavy atom. The zero-order valence-corrected chi connectivity index (χ0v) is 15.6. The quantitative estimate of drug-likeness (QED) is 0.729. The van der Waals surface area contributed by atoms with E-state index in [0.29, 0.717) is 17.0 Å². The molecule has 1 fully saturated rings. The van der Waals surface area contributed by atoms with E-state index in [1.807, 2.05) is 0 Å². The fourth-order valence-corrected chi connectivity index (χ4v) is 3.58. The van der Waals surface area contributed by atoms with Crippen molar-refractivity contribution in [2.75, 3.05) is 18.5 Å². The van der Waals surface area contributed by atoms with Gasteiger partial charge in [0.05, 0.1) is 6.61 Å². The molecule has 0 saturated carbocycles. The Bertz CT molecular complexity index is 998. The second-order valence-electron chi connectivity index (χ2n) is 6.77. The number of carbonyl (C=O) groups is 3. The molecule has 156 valence electrons. The lowest BCUT2D eigenvalue weighted by molar-refractivity contribution is -0.135. The molecule has 1 spiro atoms. The van der Waals surface area contributed by atoms with Crippen molar-refractivity contribution in [3.8, 4) is 11.5 Å². The van der Waals surface area contributed by atoms with E-state index in [0.717, 1.165) is 4.90 Å². The highest BCUT2D eigenvalue weighted by Crippen LogP contribution is 2.40. The summed E-state index contributed by atoms with van der Waals surface area (Å²) in [4.78, 5) is 38.8. The first-order valence-electron chi connectivity index (χ1n) is 9.10. The third-order valence-corrected chi connectivity index (χ3v) is 4.92. The number of amides is 4. The highest BCUT2D eigenvalue weighted by atomic mass is 19.3. The second-order valence-corrected chi connectivity index (χ2v) is 6.77. The molecule has 2 aromatic carbocycles. The van der Waals surface area contributed by atoms with Gasteiger partial charge in [-0.1, -0.05) is 18.2 Å². The summed E-state index contributed by atoms with van der Waals surface area (Å²) in [6.45, 7) is -3.20. The van der Waals surface area contributed by atoms with Gasteiger partial charge in [0.2, 0.25) is 5.91 Å². The molecular formula is C20H17F2N3O5. The summed E-state index contributed by atoms with van der Waals surface area (Å²) < 4.78 is 34.2. The minimum Gasteiger partial charge on any atom is -0.493 e. The van der Waals surface area contributed by atoms with Crippen molar-refractivity contribution in [3.63, 3.8) is 0 Å². The number of urea groups is 1. The van der Waals surface area contributed by atoms with E-state index < -0.39 is 36.5 Å². The molecule has 2 N–H and O–H groups in total. The number of anilines is 1. The first-order valence-corrected chi connectivity index (χ1v) is 9.10. The van der Waals surface area contributed by atoms with Crippen LogP contribution in [0.4, 0.5) is 19.3 Å². The normalized spacial score (nSPS) is 20.0. The van der Waals surface area contributed by atoms with E-state index in [4.69, 9.17) is 4.74 Å². The monoisotopic (exact) mass is 417 g/mol. The maximum atomic E-state index is 13.1. The van der Waals surface area contributed by atoms with Crippen molar-refractivity contribution in [2.24, 2.45) is 0 Å². The number of carbonyl (C=O) groups excluding carboxylic acids is 3. The topological polar surface area (TPSA) is 97.0 Å². The lowest BCUT2D eigenvalue weighted by Gasteiger charge is -2.33. The lowest BCUT2D eigenvalue weighted by atomic mass is 9.84. The van der Waals surface area contributed by atoms with Crippen molar-refractivity contribution in [2.45, 2.75) is 18.6 Å². The smallest absolute Gasteiger partial charge is 0.387 e. The van der Waals surface area contributed by atoms with Crippen molar-refractivity contribution < 1.29 is 32.6 Å². The van der Waals surface area contributed by atoms with Gasteiger partial charge in [-0.15, -0.1) is 0 Å². The maximum absolute atomic E-state index is 13.1. The Morgan fingerprint density at radius 3 is 2.67 bits per heavy atom. The zero-order chi connectivity index (χ0) is 21.3. The molecule has 4 amide bonds. The Morgan fingerprint density at radius 2 is 1.93 bits per heavy atom. The van der Waals surface area contributed by atoms with Crippen LogP contribution >= 0.6 is 0 Å². The number of halogens is 2. The standard InChI is InChI=1S/C20H17F2N3O5/c21-18(22)30-13-7-5-12(6-8-13)23-16(26)11-25-17(27)20(24-19(25)28)9-10-29-15-4-2-1-3-14(15)20/h1-8,18H,9-11H2,(H,23,26)(H,24,28). The van der Waals surface area contributed by atoms with Gasteiger partial charge in [0, 0.05) is 17.7 Å². The van der Waals surface area contributed by atoms with Crippen LogP contribution in [0.5, 0.6) is 11.5 Å². The average molecular weight is 417 g/mol. The highest BCUT2D eigenvalue weighted by molar-refractivity contribution is 6.10. The first kappa shape index (κ1) is 19.6. The molecule has 1 unspecified atom stereocenters. The number of imide groups is 1. The number of nitrogens with one attached hydrogen (secondary N) is 2. The number of ether oxygens (including phenoxy) is 2. The van der Waals surface area contributed by atoms with Gasteiger partial charge in [0.1, 0.15) is 18.0 Å². The predicted molar refractivity (Wildman–Crippen MR) is 100 cm³/mol. The minimum atomic E-state index is -2.95. The Balaban J connectivity index is 1.46. The average Bonchev–Trinajstić information content (AvgIpc) is 2.94. The van der Waals surface area contributed by atoms with Crippen LogP contribution in [0.1, 0.15) is 12.0 Å². The summed E-state index contributed by atoms with van der Waals surface area (Å²) in [6.07, 6.45) is 0.248. The summed E-state index contributed by atoms with van der Waals surface area (Å²) in [5.41, 5.74) is -0.410. The molecule has 0 bridgehead atoms. The highest BCUT2D eigenvalue weighted by Gasteiger charge is 2.55. The molecule has 8 nitrogen and oxygen atoms in total. The number of hydrogen-bond acceptors (Lipinski definition) is 5. The molecule has 0 aromatic heterocycles. The van der Waals surface area contributed by atoms with Crippen LogP contribution in [0, 0.1) is 0 Å². The van der Waals surface area contributed by atoms with Crippen LogP contribution in [0.25, 0.3) is 0 Å². The van der Waals surface area contributed by atoms with Crippen LogP contribution in [-0.2, 0) is 15.1 Å². The van der Waals surface area contributed by atoms with E-state index in [2.05, 4.69) is 15.4 Å². The number of hydrogen-bond donors (Lipinski definition) is 2. The van der Waals surface area contributed by atoms with Crippen molar-refractivity contribution in [1.29, 1.82) is 0 Å². The van der Waals surface area contributed by atoms with Gasteiger partial charge in [0.25, 0.3) is 5.91 Å². The number of fused-ring (bicyclic) bond motifs is 2. The molecule has 10 heteroatoms. The SMILES string of the molecule is O=C(CN1C(=O)NC2(CCOc3ccccc32)C1=O)Nc1ccc(OC(F)F)cc1. The Labute approximate surface area is 169 Å². The number of nitrogens with zero attached hydrogens (tertiary/aromatic N) is 1. The van der Waals surface area contributed by atoms with Gasteiger partial charge in [-0.3, -0.25) is 14.5 Å². The fourth-order valence-electron chi connectivity index (χ4n) is 3.58. The van der Waals surface area contributed by atoms with E-state index >= 15 is 0 Å². The van der Waals surface area contributed by atoms with E-state index in [-0.39, 0.29) is 18.8 Å². The second kappa shape index (κ2) is 7.62. The summed E-state index contributed by atoms with van der Waals surface area (Å²) in [7, 11) is 0. The third kappa shape index (κ3) is 3.51. The van der Waals surface area contributed by atoms with Crippen LogP contribution < -0.4 is 20.1 Å². The van der Waals surface area contributed by atoms with Gasteiger partial charge in [-0.2, -0.15) is 8.78 Å². The number of benzene rings is 2. The van der Waals surface area contributed by atoms with Gasteiger partial charge < -0.3 is 20.1 Å². The predicted octanol–water partition coefficient (Wildman–Crippen LogP) is 2.46. The van der Waals surface area contributed by atoms with Gasteiger partial charge in [-0.05, 0) is 30.3 Å². The molecule has 1 saturated heterocycles. The van der Waals surface area contributed by atoms with E-state index in [1.54, 1.807) is 24.3 Å². The molecule has 30 heavy (non-hydrogen) atoms. The summed E-state index contributed by atoms with van der Waals surface area (Å²) in [6, 6.07) is 11.5. The molecule has 0 radical (unpaired) electrons. The summed E-state index contributed by atoms with van der Waals surface area (Å²) in [5, 5.41) is 5.23. The zero-order valence-electron chi connectivity index (χ0n) is 15.6. The van der Waals surface area contributed by atoms with Crippen LogP contribution in [0.2, 0.25) is 0 Å². The summed E-state index contributed by atoms with van der Waals surface area (Å²) in [5.74, 6) is -0.690. The summed E-state index contributed by atoms with van der Waals surface area (Å²) >= 11 is 0. The van der Waals surface area contributed by atoms with Crippen molar-refractivity contribution in [1.82, 2.24) is 10.2 Å². The van der Waals surface area contributed by atoms with Gasteiger partial charge in [-0.25, -0.2) is 4.79 Å². The molecule has 2 aliphatic rings. The van der Waals surface area contributed by atoms with Crippen LogP contribution in [-0.4, -0.2) is 42.5 Å². The molecule has 4 rings (SSSR count). The number of para-hydroxylation sites is 1. The maximum Gasteiger partial charge on any atom is 0.387 e. The van der Waals surface area contributed by atoms with Crippen LogP contribution in [0.15, 0.2) is 48.5 Å². The molecule has 2 aliphatic heterocycles. The van der Waals surface area contributed by atoms with Crippen LogP contribution in [0.3, 0.4) is 0 Å². The Hall–Kier alpha value is -3.69. The lowest BCUT2D eigenvalue weighted by Crippen LogP contribution is -2.48. The Kier molecular flexibility index (Phi) is 4.98. The first-order chi connectivity index (χ1) is 14.4. The van der Waals surface area contributed by atoms with Crippen molar-refractivity contribution >= 4 is 23.5 Å². The minimum absolute atomic E-state index is 0.0581. The van der Waals surface area contributed by atoms with Gasteiger partial charge in [0.15, 0.2) is 5.54 Å².